The number of benzene rings is 2. The third-order valence-corrected chi connectivity index (χ3v) is 3.30. The van der Waals surface area contributed by atoms with Crippen LogP contribution < -0.4 is 10.6 Å². The first-order valence-corrected chi connectivity index (χ1v) is 6.33. The fraction of sp³-hybridized carbons (Fsp3) is 0.133. The highest BCUT2D eigenvalue weighted by atomic mass is 16.3. The van der Waals surface area contributed by atoms with Crippen LogP contribution in [0.3, 0.4) is 0 Å². The molecule has 2 heterocycles. The lowest BCUT2D eigenvalue weighted by Gasteiger charge is -2.01. The predicted molar refractivity (Wildman–Crippen MR) is 76.2 cm³/mol. The van der Waals surface area contributed by atoms with Gasteiger partial charge in [0.1, 0.15) is 5.52 Å². The van der Waals surface area contributed by atoms with Crippen LogP contribution in [0.4, 0.5) is 11.4 Å². The number of fused-ring (bicyclic) bond motifs is 2. The van der Waals surface area contributed by atoms with E-state index in [2.05, 4.69) is 34.7 Å². The Morgan fingerprint density at radius 3 is 2.79 bits per heavy atom. The first-order chi connectivity index (χ1) is 9.29. The van der Waals surface area contributed by atoms with Crippen molar-refractivity contribution in [3.8, 4) is 11.5 Å². The molecule has 1 aromatic heterocycles. The van der Waals surface area contributed by atoms with E-state index in [4.69, 9.17) is 4.42 Å². The van der Waals surface area contributed by atoms with Gasteiger partial charge >= 0.3 is 0 Å². The number of hydrogen-bond donors (Lipinski definition) is 2. The van der Waals surface area contributed by atoms with Crippen molar-refractivity contribution in [2.75, 3.05) is 10.6 Å². The summed E-state index contributed by atoms with van der Waals surface area (Å²) in [6, 6.07) is 13.9. The standard InChI is InChI=1S/C15H13N3O/c1-9-16-11-7-6-10(8-13(11)17-9)15-18-12-4-2-3-5-14(12)19-15/h2-9,16-17H,1H3. The zero-order valence-corrected chi connectivity index (χ0v) is 10.5. The highest BCUT2D eigenvalue weighted by molar-refractivity contribution is 5.81. The van der Waals surface area contributed by atoms with Crippen molar-refractivity contribution in [3.05, 3.63) is 42.5 Å². The number of nitrogens with zero attached hydrogens (tertiary/aromatic N) is 1. The molecule has 19 heavy (non-hydrogen) atoms. The Morgan fingerprint density at radius 2 is 1.89 bits per heavy atom. The molecule has 0 spiro atoms. The molecule has 4 nitrogen and oxygen atoms in total. The average Bonchev–Trinajstić information content (AvgIpc) is 2.99. The molecule has 4 rings (SSSR count). The van der Waals surface area contributed by atoms with Gasteiger partial charge in [-0.15, -0.1) is 0 Å². The molecule has 1 aliphatic rings. The summed E-state index contributed by atoms with van der Waals surface area (Å²) in [5, 5.41) is 6.70. The molecule has 2 N–H and O–H groups in total. The van der Waals surface area contributed by atoms with E-state index in [1.54, 1.807) is 0 Å². The molecular formula is C15H13N3O. The number of hydrogen-bond acceptors (Lipinski definition) is 4. The summed E-state index contributed by atoms with van der Waals surface area (Å²) in [6.45, 7) is 2.08. The molecule has 0 radical (unpaired) electrons. The summed E-state index contributed by atoms with van der Waals surface area (Å²) in [5.74, 6) is 0.658. The minimum Gasteiger partial charge on any atom is -0.436 e. The van der Waals surface area contributed by atoms with E-state index in [9.17, 15) is 0 Å². The van der Waals surface area contributed by atoms with Crippen molar-refractivity contribution < 1.29 is 4.42 Å². The van der Waals surface area contributed by atoms with Crippen LogP contribution in [0.1, 0.15) is 6.92 Å². The largest absolute Gasteiger partial charge is 0.436 e. The van der Waals surface area contributed by atoms with Gasteiger partial charge in [-0.05, 0) is 37.3 Å². The highest BCUT2D eigenvalue weighted by Crippen LogP contribution is 2.33. The van der Waals surface area contributed by atoms with Crippen LogP contribution in [0, 0.1) is 0 Å². The van der Waals surface area contributed by atoms with Gasteiger partial charge in [-0.2, -0.15) is 0 Å². The second-order valence-electron chi connectivity index (χ2n) is 4.76. The zero-order chi connectivity index (χ0) is 12.8. The Morgan fingerprint density at radius 1 is 1.05 bits per heavy atom. The van der Waals surface area contributed by atoms with Crippen molar-refractivity contribution in [2.24, 2.45) is 0 Å². The van der Waals surface area contributed by atoms with Crippen LogP contribution in [0.2, 0.25) is 0 Å². The fourth-order valence-electron chi connectivity index (χ4n) is 2.42. The first-order valence-electron chi connectivity index (χ1n) is 6.33. The van der Waals surface area contributed by atoms with Crippen molar-refractivity contribution in [1.29, 1.82) is 0 Å². The van der Waals surface area contributed by atoms with Crippen LogP contribution in [0.5, 0.6) is 0 Å². The lowest BCUT2D eigenvalue weighted by Crippen LogP contribution is -2.16. The number of para-hydroxylation sites is 2. The van der Waals surface area contributed by atoms with Crippen molar-refractivity contribution in [1.82, 2.24) is 4.98 Å². The number of rotatable bonds is 1. The molecule has 94 valence electrons. The van der Waals surface area contributed by atoms with Crippen LogP contribution in [0.25, 0.3) is 22.6 Å². The Bertz CT molecular complexity index is 730. The van der Waals surface area contributed by atoms with Gasteiger partial charge in [-0.1, -0.05) is 12.1 Å². The maximum absolute atomic E-state index is 5.78. The van der Waals surface area contributed by atoms with E-state index in [1.165, 1.54) is 0 Å². The van der Waals surface area contributed by atoms with E-state index in [0.29, 0.717) is 5.89 Å². The summed E-state index contributed by atoms with van der Waals surface area (Å²) in [6.07, 6.45) is 0.258. The van der Waals surface area contributed by atoms with Gasteiger partial charge in [-0.3, -0.25) is 0 Å². The normalized spacial score (nSPS) is 17.0. The number of nitrogens with one attached hydrogen (secondary N) is 2. The second kappa shape index (κ2) is 3.75. The van der Waals surface area contributed by atoms with Gasteiger partial charge in [-0.25, -0.2) is 4.98 Å². The minimum atomic E-state index is 0.258. The van der Waals surface area contributed by atoms with E-state index in [-0.39, 0.29) is 6.17 Å². The maximum atomic E-state index is 5.78. The summed E-state index contributed by atoms with van der Waals surface area (Å²) in [4.78, 5) is 4.51. The number of anilines is 2. The van der Waals surface area contributed by atoms with Gasteiger partial charge in [0, 0.05) is 5.56 Å². The molecule has 1 aliphatic heterocycles. The van der Waals surface area contributed by atoms with Crippen molar-refractivity contribution in [3.63, 3.8) is 0 Å². The van der Waals surface area contributed by atoms with E-state index < -0.39 is 0 Å². The SMILES string of the molecule is CC1Nc2ccc(-c3nc4ccccc4o3)cc2N1. The quantitative estimate of drug-likeness (QED) is 0.692. The Hall–Kier alpha value is -2.49. The molecule has 0 aliphatic carbocycles. The lowest BCUT2D eigenvalue weighted by molar-refractivity contribution is 0.620. The second-order valence-corrected chi connectivity index (χ2v) is 4.76. The molecular weight excluding hydrogens is 238 g/mol. The molecule has 0 saturated heterocycles. The molecule has 1 atom stereocenters. The van der Waals surface area contributed by atoms with Crippen LogP contribution in [0.15, 0.2) is 46.9 Å². The molecule has 0 fully saturated rings. The van der Waals surface area contributed by atoms with Crippen LogP contribution >= 0.6 is 0 Å². The monoisotopic (exact) mass is 251 g/mol. The van der Waals surface area contributed by atoms with Gasteiger partial charge in [0.15, 0.2) is 5.58 Å². The van der Waals surface area contributed by atoms with Crippen LogP contribution in [-0.4, -0.2) is 11.1 Å². The number of oxazole rings is 1. The van der Waals surface area contributed by atoms with Crippen molar-refractivity contribution >= 4 is 22.5 Å². The van der Waals surface area contributed by atoms with E-state index >= 15 is 0 Å². The van der Waals surface area contributed by atoms with Gasteiger partial charge < -0.3 is 15.1 Å². The summed E-state index contributed by atoms with van der Waals surface area (Å²) in [5.41, 5.74) is 4.90. The fourth-order valence-corrected chi connectivity index (χ4v) is 2.42. The first kappa shape index (κ1) is 10.4. The van der Waals surface area contributed by atoms with E-state index in [1.807, 2.05) is 30.3 Å². The summed E-state index contributed by atoms with van der Waals surface area (Å²) in [7, 11) is 0. The van der Waals surface area contributed by atoms with Gasteiger partial charge in [0.25, 0.3) is 0 Å². The topological polar surface area (TPSA) is 50.1 Å². The Kier molecular flexibility index (Phi) is 2.06. The molecule has 2 aromatic carbocycles. The summed E-state index contributed by atoms with van der Waals surface area (Å²) < 4.78 is 5.78. The highest BCUT2D eigenvalue weighted by Gasteiger charge is 2.17. The van der Waals surface area contributed by atoms with E-state index in [0.717, 1.165) is 28.0 Å². The number of aromatic nitrogens is 1. The maximum Gasteiger partial charge on any atom is 0.227 e. The van der Waals surface area contributed by atoms with Crippen LogP contribution in [-0.2, 0) is 0 Å². The molecule has 0 saturated carbocycles. The third kappa shape index (κ3) is 1.64. The molecule has 4 heteroatoms. The summed E-state index contributed by atoms with van der Waals surface area (Å²) >= 11 is 0. The molecule has 0 bridgehead atoms. The molecule has 3 aromatic rings. The van der Waals surface area contributed by atoms with Gasteiger partial charge in [0.2, 0.25) is 5.89 Å². The smallest absolute Gasteiger partial charge is 0.227 e. The zero-order valence-electron chi connectivity index (χ0n) is 10.5. The Labute approximate surface area is 110 Å². The Balaban J connectivity index is 1.82. The molecule has 0 amide bonds. The molecule has 1 unspecified atom stereocenters. The van der Waals surface area contributed by atoms with Crippen molar-refractivity contribution in [2.45, 2.75) is 13.1 Å². The third-order valence-electron chi connectivity index (χ3n) is 3.30. The predicted octanol–water partition coefficient (Wildman–Crippen LogP) is 3.68. The van der Waals surface area contributed by atoms with Gasteiger partial charge in [0.05, 0.1) is 17.5 Å². The minimum absolute atomic E-state index is 0.258. The average molecular weight is 251 g/mol. The lowest BCUT2D eigenvalue weighted by atomic mass is 10.2.